The Morgan fingerprint density at radius 2 is 2.11 bits per heavy atom. The second kappa shape index (κ2) is 9.48. The average Bonchev–Trinajstić information content (AvgIpc) is 3.15. The number of hydrogen-bond acceptors (Lipinski definition) is 6. The van der Waals surface area contributed by atoms with Gasteiger partial charge in [-0.15, -0.1) is 0 Å². The van der Waals surface area contributed by atoms with Gasteiger partial charge < -0.3 is 14.2 Å². The molecule has 7 nitrogen and oxygen atoms in total. The van der Waals surface area contributed by atoms with Gasteiger partial charge in [0.05, 0.1) is 13.0 Å². The second-order valence-corrected chi connectivity index (χ2v) is 7.18. The van der Waals surface area contributed by atoms with Crippen LogP contribution in [0.2, 0.25) is 0 Å². The Labute approximate surface area is 165 Å². The van der Waals surface area contributed by atoms with Crippen molar-refractivity contribution in [3.8, 4) is 11.4 Å². The number of hydrogen-bond donors (Lipinski definition) is 0. The van der Waals surface area contributed by atoms with Crippen LogP contribution in [0.15, 0.2) is 28.8 Å². The van der Waals surface area contributed by atoms with E-state index >= 15 is 0 Å². The summed E-state index contributed by atoms with van der Waals surface area (Å²) in [6, 6.07) is 7.94. The zero-order valence-corrected chi connectivity index (χ0v) is 16.5. The van der Waals surface area contributed by atoms with Crippen LogP contribution in [0.4, 0.5) is 0 Å². The van der Waals surface area contributed by atoms with E-state index in [1.807, 2.05) is 36.1 Å². The van der Waals surface area contributed by atoms with Crippen molar-refractivity contribution in [1.29, 1.82) is 0 Å². The topological polar surface area (TPSA) is 85.5 Å². The molecule has 1 atom stereocenters. The van der Waals surface area contributed by atoms with Crippen LogP contribution in [0.25, 0.3) is 11.4 Å². The van der Waals surface area contributed by atoms with Crippen molar-refractivity contribution in [1.82, 2.24) is 15.0 Å². The quantitative estimate of drug-likeness (QED) is 0.681. The Morgan fingerprint density at radius 3 is 2.89 bits per heavy atom. The third kappa shape index (κ3) is 5.18. The van der Waals surface area contributed by atoms with E-state index < -0.39 is 0 Å². The first kappa shape index (κ1) is 20.0. The van der Waals surface area contributed by atoms with Gasteiger partial charge in [-0.3, -0.25) is 9.59 Å². The molecule has 0 bridgehead atoms. The fourth-order valence-corrected chi connectivity index (χ4v) is 3.58. The number of rotatable bonds is 7. The van der Waals surface area contributed by atoms with Gasteiger partial charge in [-0.25, -0.2) is 0 Å². The van der Waals surface area contributed by atoms with E-state index in [9.17, 15) is 9.59 Å². The van der Waals surface area contributed by atoms with Crippen LogP contribution >= 0.6 is 0 Å². The molecule has 1 amide bonds. The van der Waals surface area contributed by atoms with Gasteiger partial charge in [0, 0.05) is 31.5 Å². The molecular formula is C21H27N3O4. The van der Waals surface area contributed by atoms with Crippen molar-refractivity contribution in [2.24, 2.45) is 5.92 Å². The lowest BCUT2D eigenvalue weighted by Gasteiger charge is -2.32. The largest absolute Gasteiger partial charge is 0.466 e. The first-order chi connectivity index (χ1) is 13.6. The van der Waals surface area contributed by atoms with E-state index in [2.05, 4.69) is 10.1 Å². The van der Waals surface area contributed by atoms with Gasteiger partial charge in [-0.05, 0) is 38.2 Å². The molecule has 2 aromatic rings. The van der Waals surface area contributed by atoms with Crippen LogP contribution in [0.5, 0.6) is 0 Å². The van der Waals surface area contributed by atoms with Crippen LogP contribution < -0.4 is 0 Å². The zero-order chi connectivity index (χ0) is 19.9. The molecule has 2 heterocycles. The summed E-state index contributed by atoms with van der Waals surface area (Å²) >= 11 is 0. The Bertz CT molecular complexity index is 817. The average molecular weight is 385 g/mol. The molecule has 7 heteroatoms. The molecule has 3 rings (SSSR count). The summed E-state index contributed by atoms with van der Waals surface area (Å²) in [5.74, 6) is 1.17. The lowest BCUT2D eigenvalue weighted by atomic mass is 9.94. The second-order valence-electron chi connectivity index (χ2n) is 7.18. The number of esters is 1. The number of carbonyl (C=O) groups excluding carboxylic acids is 2. The smallest absolute Gasteiger partial charge is 0.306 e. The molecule has 0 saturated carbocycles. The summed E-state index contributed by atoms with van der Waals surface area (Å²) in [6.07, 6.45) is 2.94. The van der Waals surface area contributed by atoms with Crippen molar-refractivity contribution in [3.63, 3.8) is 0 Å². The molecule has 0 aliphatic carbocycles. The molecule has 0 radical (unpaired) electrons. The number of piperidine rings is 1. The zero-order valence-electron chi connectivity index (χ0n) is 16.5. The van der Waals surface area contributed by atoms with E-state index in [1.54, 1.807) is 6.92 Å². The molecule has 0 N–H and O–H groups in total. The van der Waals surface area contributed by atoms with Crippen LogP contribution in [0.1, 0.15) is 44.1 Å². The van der Waals surface area contributed by atoms with E-state index in [0.717, 1.165) is 30.5 Å². The predicted octanol–water partition coefficient (Wildman–Crippen LogP) is 3.17. The third-order valence-electron chi connectivity index (χ3n) is 5.04. The van der Waals surface area contributed by atoms with Gasteiger partial charge in [0.25, 0.3) is 0 Å². The number of aromatic nitrogens is 2. The number of carbonyl (C=O) groups is 2. The van der Waals surface area contributed by atoms with Crippen molar-refractivity contribution in [2.45, 2.75) is 46.0 Å². The van der Waals surface area contributed by atoms with Gasteiger partial charge in [0.2, 0.25) is 17.6 Å². The Morgan fingerprint density at radius 1 is 1.29 bits per heavy atom. The molecule has 1 aliphatic heterocycles. The summed E-state index contributed by atoms with van der Waals surface area (Å²) in [5, 5.41) is 4.12. The highest BCUT2D eigenvalue weighted by Gasteiger charge is 2.26. The summed E-state index contributed by atoms with van der Waals surface area (Å²) in [6.45, 7) is 5.51. The summed E-state index contributed by atoms with van der Waals surface area (Å²) in [4.78, 5) is 30.2. The molecule has 1 aliphatic rings. The number of nitrogens with zero attached hydrogens (tertiary/aromatic N) is 3. The van der Waals surface area contributed by atoms with E-state index in [1.165, 1.54) is 0 Å². The maximum atomic E-state index is 12.4. The van der Waals surface area contributed by atoms with Crippen LogP contribution in [-0.2, 0) is 20.7 Å². The Balaban J connectivity index is 1.55. The maximum Gasteiger partial charge on any atom is 0.306 e. The monoisotopic (exact) mass is 385 g/mol. The minimum absolute atomic E-state index is 0.00359. The number of aryl methyl sites for hydroxylation is 1. The van der Waals surface area contributed by atoms with Gasteiger partial charge >= 0.3 is 5.97 Å². The third-order valence-corrected chi connectivity index (χ3v) is 5.04. The van der Waals surface area contributed by atoms with Gasteiger partial charge in [0.1, 0.15) is 0 Å². The summed E-state index contributed by atoms with van der Waals surface area (Å²) in [5.41, 5.74) is 2.07. The SMILES string of the molecule is CCOC(=O)CCC(=O)N1CCC[C@@H](Cc2nc(-c3ccccc3C)no2)C1. The maximum absolute atomic E-state index is 12.4. The number of likely N-dealkylation sites (tertiary alicyclic amines) is 1. The first-order valence-electron chi connectivity index (χ1n) is 9.88. The summed E-state index contributed by atoms with van der Waals surface area (Å²) in [7, 11) is 0. The fourth-order valence-electron chi connectivity index (χ4n) is 3.58. The van der Waals surface area contributed by atoms with Crippen molar-refractivity contribution in [3.05, 3.63) is 35.7 Å². The minimum Gasteiger partial charge on any atom is -0.466 e. The molecular weight excluding hydrogens is 358 g/mol. The van der Waals surface area contributed by atoms with Gasteiger partial charge in [-0.1, -0.05) is 29.4 Å². The highest BCUT2D eigenvalue weighted by atomic mass is 16.5. The standard InChI is InChI=1S/C21H27N3O4/c1-3-27-20(26)11-10-19(25)24-12-6-8-16(14-24)13-18-22-21(23-28-18)17-9-5-4-7-15(17)2/h4-5,7,9,16H,3,6,8,10-14H2,1-2H3/t16-/m0/s1. The minimum atomic E-state index is -0.320. The molecule has 28 heavy (non-hydrogen) atoms. The van der Waals surface area contributed by atoms with Gasteiger partial charge in [0.15, 0.2) is 0 Å². The van der Waals surface area contributed by atoms with Crippen LogP contribution in [-0.4, -0.2) is 46.6 Å². The number of benzene rings is 1. The van der Waals surface area contributed by atoms with Crippen molar-refractivity contribution < 1.29 is 18.8 Å². The summed E-state index contributed by atoms with van der Waals surface area (Å²) < 4.78 is 10.3. The molecule has 1 fully saturated rings. The molecule has 0 spiro atoms. The fraction of sp³-hybridized carbons (Fsp3) is 0.524. The van der Waals surface area contributed by atoms with Crippen LogP contribution in [0, 0.1) is 12.8 Å². The van der Waals surface area contributed by atoms with E-state index in [-0.39, 0.29) is 30.6 Å². The molecule has 1 saturated heterocycles. The number of amides is 1. The molecule has 1 aromatic heterocycles. The van der Waals surface area contributed by atoms with Crippen molar-refractivity contribution >= 4 is 11.9 Å². The highest BCUT2D eigenvalue weighted by Crippen LogP contribution is 2.24. The Hall–Kier alpha value is -2.70. The van der Waals surface area contributed by atoms with Crippen LogP contribution in [0.3, 0.4) is 0 Å². The normalized spacial score (nSPS) is 16.8. The van der Waals surface area contributed by atoms with E-state index in [4.69, 9.17) is 9.26 Å². The van der Waals surface area contributed by atoms with Gasteiger partial charge in [-0.2, -0.15) is 4.98 Å². The Kier molecular flexibility index (Phi) is 6.79. The predicted molar refractivity (Wildman–Crippen MR) is 103 cm³/mol. The lowest BCUT2D eigenvalue weighted by Crippen LogP contribution is -2.40. The highest BCUT2D eigenvalue weighted by molar-refractivity contribution is 5.81. The molecule has 0 unspecified atom stereocenters. The first-order valence-corrected chi connectivity index (χ1v) is 9.88. The lowest BCUT2D eigenvalue weighted by molar-refractivity contribution is -0.146. The number of ether oxygens (including phenoxy) is 1. The van der Waals surface area contributed by atoms with E-state index in [0.29, 0.717) is 31.3 Å². The molecule has 1 aromatic carbocycles. The molecule has 150 valence electrons. The van der Waals surface area contributed by atoms with Crippen molar-refractivity contribution in [2.75, 3.05) is 19.7 Å².